The van der Waals surface area contributed by atoms with E-state index in [0.717, 1.165) is 38.5 Å². The van der Waals surface area contributed by atoms with Crippen LogP contribution in [0.1, 0.15) is 107 Å². The number of aliphatic hydroxyl groups is 1. The molecule has 0 spiro atoms. The highest BCUT2D eigenvalue weighted by Crippen LogP contribution is 2.12. The zero-order valence-electron chi connectivity index (χ0n) is 19.5. The van der Waals surface area contributed by atoms with Crippen LogP contribution >= 0.6 is 0 Å². The van der Waals surface area contributed by atoms with Crippen LogP contribution in [0.5, 0.6) is 0 Å². The molecule has 1 heterocycles. The first-order chi connectivity index (χ1) is 15.3. The lowest BCUT2D eigenvalue weighted by Gasteiger charge is -2.01. The molecule has 172 valence electrons. The number of nitrogens with one attached hydrogen (secondary N) is 1. The summed E-state index contributed by atoms with van der Waals surface area (Å²) in [5.41, 5.74) is 1.33. The van der Waals surface area contributed by atoms with E-state index in [1.165, 1.54) is 38.5 Å². The Morgan fingerprint density at radius 3 is 1.90 bits per heavy atom. The van der Waals surface area contributed by atoms with Gasteiger partial charge in [0.1, 0.15) is 0 Å². The average molecular weight is 426 g/mol. The molecule has 3 heteroatoms. The van der Waals surface area contributed by atoms with Gasteiger partial charge in [-0.25, -0.2) is 0 Å². The Bertz CT molecular complexity index is 679. The maximum atomic E-state index is 12.0. The minimum atomic E-state index is -0.0461. The molecule has 2 N–H and O–H groups in total. The molecular formula is C28H43NO2. The third kappa shape index (κ3) is 15.3. The molecule has 1 aromatic rings. The van der Waals surface area contributed by atoms with Crippen LogP contribution < -0.4 is 0 Å². The maximum Gasteiger partial charge on any atom is 0.179 e. The second-order valence-electron chi connectivity index (χ2n) is 7.99. The topological polar surface area (TPSA) is 53.1 Å². The number of ketones is 1. The Balaban J connectivity index is 1.87. The van der Waals surface area contributed by atoms with Crippen molar-refractivity contribution in [2.75, 3.05) is 0 Å². The van der Waals surface area contributed by atoms with E-state index < -0.39 is 0 Å². The number of unbranched alkanes of at least 4 members (excludes halogenated alkanes) is 7. The first-order valence-electron chi connectivity index (χ1n) is 12.2. The Hall–Kier alpha value is -2.13. The number of carbonyl (C=O) groups excluding carboxylic acids is 1. The van der Waals surface area contributed by atoms with Crippen molar-refractivity contribution in [3.8, 4) is 0 Å². The summed E-state index contributed by atoms with van der Waals surface area (Å²) in [5.74, 6) is 0.151. The molecule has 0 bridgehead atoms. The van der Waals surface area contributed by atoms with Gasteiger partial charge < -0.3 is 10.1 Å². The third-order valence-electron chi connectivity index (χ3n) is 5.21. The van der Waals surface area contributed by atoms with E-state index >= 15 is 0 Å². The van der Waals surface area contributed by atoms with Gasteiger partial charge in [-0.1, -0.05) is 87.6 Å². The van der Waals surface area contributed by atoms with E-state index in [9.17, 15) is 4.79 Å². The second-order valence-corrected chi connectivity index (χ2v) is 7.99. The van der Waals surface area contributed by atoms with Crippen LogP contribution in [0.15, 0.2) is 60.7 Å². The van der Waals surface area contributed by atoms with Gasteiger partial charge in [0.05, 0.1) is 12.3 Å². The number of hydrogen-bond acceptors (Lipinski definition) is 2. The van der Waals surface area contributed by atoms with E-state index in [0.29, 0.717) is 17.8 Å². The Kier molecular flexibility index (Phi) is 17.2. The molecule has 0 aromatic carbocycles. The highest BCUT2D eigenvalue weighted by atomic mass is 16.3. The van der Waals surface area contributed by atoms with Crippen molar-refractivity contribution in [3.63, 3.8) is 0 Å². The van der Waals surface area contributed by atoms with E-state index in [1.54, 1.807) is 12.1 Å². The maximum absolute atomic E-state index is 12.0. The van der Waals surface area contributed by atoms with Crippen molar-refractivity contribution in [2.45, 2.75) is 97.0 Å². The molecule has 0 saturated carbocycles. The lowest BCUT2D eigenvalue weighted by molar-refractivity contribution is 0.0974. The number of aromatic amines is 1. The van der Waals surface area contributed by atoms with Crippen LogP contribution in [0.4, 0.5) is 0 Å². The summed E-state index contributed by atoms with van der Waals surface area (Å²) in [6.45, 7) is 2.11. The number of rotatable bonds is 19. The summed E-state index contributed by atoms with van der Waals surface area (Å²) >= 11 is 0. The Morgan fingerprint density at radius 2 is 1.32 bits per heavy atom. The van der Waals surface area contributed by atoms with Gasteiger partial charge in [-0.15, -0.1) is 0 Å². The fourth-order valence-electron chi connectivity index (χ4n) is 3.36. The van der Waals surface area contributed by atoms with Crippen LogP contribution in [0.2, 0.25) is 0 Å². The fourth-order valence-corrected chi connectivity index (χ4v) is 3.36. The van der Waals surface area contributed by atoms with Gasteiger partial charge in [0, 0.05) is 12.1 Å². The minimum absolute atomic E-state index is 0.0461. The van der Waals surface area contributed by atoms with E-state index in [1.807, 2.05) is 0 Å². The molecule has 1 rings (SSSR count). The average Bonchev–Trinajstić information content (AvgIpc) is 3.27. The molecule has 0 fully saturated rings. The van der Waals surface area contributed by atoms with Crippen molar-refractivity contribution in [2.24, 2.45) is 0 Å². The SMILES string of the molecule is CC/C=C\C/C=C\C/C=C\C/C=C\CCCCCCCCCC(=O)c1ccc(CO)[nH]1. The van der Waals surface area contributed by atoms with Crippen LogP contribution in [-0.4, -0.2) is 15.9 Å². The van der Waals surface area contributed by atoms with E-state index in [2.05, 4.69) is 60.5 Å². The number of Topliss-reactive ketones (excluding diaryl/α,β-unsaturated/α-hetero) is 1. The second kappa shape index (κ2) is 19.8. The fraction of sp³-hybridized carbons (Fsp3) is 0.536. The highest BCUT2D eigenvalue weighted by Gasteiger charge is 2.07. The lowest BCUT2D eigenvalue weighted by Crippen LogP contribution is -1.99. The molecule has 0 aliphatic rings. The van der Waals surface area contributed by atoms with Gasteiger partial charge in [0.25, 0.3) is 0 Å². The van der Waals surface area contributed by atoms with Gasteiger partial charge in [-0.05, 0) is 57.1 Å². The molecule has 1 aromatic heterocycles. The summed E-state index contributed by atoms with van der Waals surface area (Å²) < 4.78 is 0. The first-order valence-corrected chi connectivity index (χ1v) is 12.2. The number of H-pyrrole nitrogens is 1. The number of carbonyl (C=O) groups is 1. The van der Waals surface area contributed by atoms with Crippen molar-refractivity contribution < 1.29 is 9.90 Å². The normalized spacial score (nSPS) is 12.3. The molecule has 0 aliphatic carbocycles. The van der Waals surface area contributed by atoms with Gasteiger partial charge >= 0.3 is 0 Å². The zero-order valence-corrected chi connectivity index (χ0v) is 19.5. The molecule has 3 nitrogen and oxygen atoms in total. The zero-order chi connectivity index (χ0) is 22.4. The van der Waals surface area contributed by atoms with Gasteiger partial charge in [-0.2, -0.15) is 0 Å². The van der Waals surface area contributed by atoms with Gasteiger partial charge in [0.15, 0.2) is 5.78 Å². The smallest absolute Gasteiger partial charge is 0.179 e. The molecule has 0 saturated heterocycles. The monoisotopic (exact) mass is 425 g/mol. The van der Waals surface area contributed by atoms with Crippen molar-refractivity contribution in [3.05, 3.63) is 72.1 Å². The van der Waals surface area contributed by atoms with Crippen LogP contribution in [0.25, 0.3) is 0 Å². The van der Waals surface area contributed by atoms with Crippen LogP contribution in [0, 0.1) is 0 Å². The molecule has 0 aliphatic heterocycles. The lowest BCUT2D eigenvalue weighted by atomic mass is 10.1. The Morgan fingerprint density at radius 1 is 0.774 bits per heavy atom. The number of aromatic nitrogens is 1. The standard InChI is InChI=1S/C28H43NO2/c1-2-3-4-5-6-7-8-9-10-11-12-13-14-15-16-17-18-19-20-21-22-28(31)27-24-23-26(25-30)29-27/h3-4,6-7,9-10,12-13,23-24,29-30H,2,5,8,11,14-22,25H2,1H3/b4-3-,7-6-,10-9-,13-12-. The third-order valence-corrected chi connectivity index (χ3v) is 5.21. The van der Waals surface area contributed by atoms with E-state index in [4.69, 9.17) is 5.11 Å². The van der Waals surface area contributed by atoms with E-state index in [-0.39, 0.29) is 12.4 Å². The molecule has 0 atom stereocenters. The molecule has 0 unspecified atom stereocenters. The van der Waals surface area contributed by atoms with Crippen molar-refractivity contribution in [1.82, 2.24) is 4.98 Å². The summed E-state index contributed by atoms with van der Waals surface area (Å²) in [7, 11) is 0. The summed E-state index contributed by atoms with van der Waals surface area (Å²) in [6.07, 6.45) is 32.3. The molecular weight excluding hydrogens is 382 g/mol. The Labute approximate surface area is 190 Å². The van der Waals surface area contributed by atoms with Crippen LogP contribution in [-0.2, 0) is 6.61 Å². The predicted molar refractivity (Wildman–Crippen MR) is 133 cm³/mol. The van der Waals surface area contributed by atoms with Gasteiger partial charge in [0.2, 0.25) is 0 Å². The van der Waals surface area contributed by atoms with Crippen molar-refractivity contribution >= 4 is 5.78 Å². The highest BCUT2D eigenvalue weighted by molar-refractivity contribution is 5.94. The first kappa shape index (κ1) is 26.9. The minimum Gasteiger partial charge on any atom is -0.390 e. The molecule has 0 radical (unpaired) electrons. The van der Waals surface area contributed by atoms with Crippen LogP contribution in [0.3, 0.4) is 0 Å². The quantitative estimate of drug-likeness (QED) is 0.134. The summed E-state index contributed by atoms with van der Waals surface area (Å²) in [5, 5.41) is 9.03. The van der Waals surface area contributed by atoms with Gasteiger partial charge in [-0.3, -0.25) is 4.79 Å². The number of hydrogen-bond donors (Lipinski definition) is 2. The predicted octanol–water partition coefficient (Wildman–Crippen LogP) is 8.01. The van der Waals surface area contributed by atoms with Crippen molar-refractivity contribution in [1.29, 1.82) is 0 Å². The molecule has 31 heavy (non-hydrogen) atoms. The number of aliphatic hydroxyl groups excluding tert-OH is 1. The summed E-state index contributed by atoms with van der Waals surface area (Å²) in [4.78, 5) is 15.0. The molecule has 0 amide bonds. The number of allylic oxidation sites excluding steroid dienone is 8. The summed E-state index contributed by atoms with van der Waals surface area (Å²) in [6, 6.07) is 3.54. The largest absolute Gasteiger partial charge is 0.390 e.